The summed E-state index contributed by atoms with van der Waals surface area (Å²) in [5, 5.41) is 0. The fraction of sp³-hybridized carbons (Fsp3) is 0.378. The third-order valence-electron chi connectivity index (χ3n) is 6.84. The molecule has 0 aliphatic heterocycles. The van der Waals surface area contributed by atoms with E-state index in [0.717, 1.165) is 56.3 Å². The lowest BCUT2D eigenvalue weighted by Crippen LogP contribution is -2.10. The molecular formula is C37H44O8. The van der Waals surface area contributed by atoms with Crippen molar-refractivity contribution in [2.45, 2.75) is 65.2 Å². The van der Waals surface area contributed by atoms with Crippen LogP contribution in [-0.4, -0.2) is 37.7 Å². The summed E-state index contributed by atoms with van der Waals surface area (Å²) in [4.78, 5) is 36.2. The second kappa shape index (κ2) is 19.6. The first kappa shape index (κ1) is 34.9. The number of carbonyl (C=O) groups is 3. The molecule has 3 aromatic rings. The molecule has 0 aromatic heterocycles. The largest absolute Gasteiger partial charge is 0.494 e. The summed E-state index contributed by atoms with van der Waals surface area (Å²) in [5.74, 6) is 1.36. The van der Waals surface area contributed by atoms with E-state index >= 15 is 0 Å². The average molecular weight is 617 g/mol. The number of rotatable bonds is 20. The second-order valence-corrected chi connectivity index (χ2v) is 11.0. The van der Waals surface area contributed by atoms with Crippen molar-refractivity contribution in [2.75, 3.05) is 19.8 Å². The number of ether oxygens (including phenoxy) is 5. The summed E-state index contributed by atoms with van der Waals surface area (Å²) in [7, 11) is 0. The molecule has 3 rings (SSSR count). The van der Waals surface area contributed by atoms with Crippen molar-refractivity contribution in [3.05, 3.63) is 96.6 Å². The fourth-order valence-electron chi connectivity index (χ4n) is 4.28. The van der Waals surface area contributed by atoms with Gasteiger partial charge in [-0.2, -0.15) is 0 Å². The minimum Gasteiger partial charge on any atom is -0.494 e. The highest BCUT2D eigenvalue weighted by Crippen LogP contribution is 2.22. The molecule has 0 radical (unpaired) electrons. The molecule has 0 aliphatic carbocycles. The average Bonchev–Trinajstić information content (AvgIpc) is 3.05. The first-order chi connectivity index (χ1) is 21.8. The molecule has 0 fully saturated rings. The molecule has 240 valence electrons. The quantitative estimate of drug-likeness (QED) is 0.0540. The Hall–Kier alpha value is -4.59. The number of hydrogen-bond donors (Lipinski definition) is 0. The molecule has 0 N–H and O–H groups in total. The molecule has 3 aromatic carbocycles. The van der Waals surface area contributed by atoms with Crippen molar-refractivity contribution in [2.24, 2.45) is 5.92 Å². The van der Waals surface area contributed by atoms with Gasteiger partial charge in [0.15, 0.2) is 0 Å². The van der Waals surface area contributed by atoms with Crippen LogP contribution in [0.4, 0.5) is 0 Å². The van der Waals surface area contributed by atoms with Crippen LogP contribution in [0.1, 0.15) is 85.9 Å². The smallest absolute Gasteiger partial charge is 0.343 e. The van der Waals surface area contributed by atoms with E-state index < -0.39 is 17.9 Å². The van der Waals surface area contributed by atoms with Crippen molar-refractivity contribution in [3.63, 3.8) is 0 Å². The van der Waals surface area contributed by atoms with Crippen LogP contribution in [0.3, 0.4) is 0 Å². The van der Waals surface area contributed by atoms with E-state index in [1.165, 1.54) is 12.8 Å². The minimum atomic E-state index is -0.513. The number of hydrogen-bond acceptors (Lipinski definition) is 8. The maximum absolute atomic E-state index is 12.6. The third kappa shape index (κ3) is 13.7. The molecule has 8 nitrogen and oxygen atoms in total. The van der Waals surface area contributed by atoms with Crippen molar-refractivity contribution >= 4 is 17.9 Å². The van der Waals surface area contributed by atoms with Crippen LogP contribution >= 0.6 is 0 Å². The van der Waals surface area contributed by atoms with Crippen molar-refractivity contribution in [1.82, 2.24) is 0 Å². The highest BCUT2D eigenvalue weighted by Gasteiger charge is 2.12. The molecule has 0 unspecified atom stereocenters. The zero-order valence-electron chi connectivity index (χ0n) is 26.3. The Bertz CT molecular complexity index is 1330. The van der Waals surface area contributed by atoms with E-state index in [2.05, 4.69) is 20.4 Å². The topological polar surface area (TPSA) is 97.4 Å². The summed E-state index contributed by atoms with van der Waals surface area (Å²) in [6.45, 7) is 9.42. The van der Waals surface area contributed by atoms with Gasteiger partial charge in [0.1, 0.15) is 23.0 Å². The van der Waals surface area contributed by atoms with E-state index in [9.17, 15) is 14.4 Å². The number of carbonyl (C=O) groups excluding carboxylic acids is 3. The normalized spacial score (nSPS) is 10.6. The highest BCUT2D eigenvalue weighted by atomic mass is 16.5. The summed E-state index contributed by atoms with van der Waals surface area (Å²) < 4.78 is 27.4. The first-order valence-electron chi connectivity index (χ1n) is 15.6. The van der Waals surface area contributed by atoms with E-state index in [4.69, 9.17) is 23.7 Å². The standard InChI is InChI=1S/C37H44O8/c1-4-35(38)43-27-10-6-5-9-25-41-31-17-13-29(14-18-31)36(39)44-33-21-23-34(24-22-33)45-37(40)30-15-19-32(20-16-30)42-26-11-7-8-12-28(2)3/h4,13-24,28H,1,5-12,25-27H2,2-3H3. The summed E-state index contributed by atoms with van der Waals surface area (Å²) >= 11 is 0. The van der Waals surface area contributed by atoms with Gasteiger partial charge >= 0.3 is 17.9 Å². The van der Waals surface area contributed by atoms with Gasteiger partial charge in [0.25, 0.3) is 0 Å². The van der Waals surface area contributed by atoms with Crippen LogP contribution in [0.5, 0.6) is 23.0 Å². The van der Waals surface area contributed by atoms with Gasteiger partial charge in [-0.1, -0.05) is 39.7 Å². The number of esters is 3. The Labute approximate surface area is 266 Å². The van der Waals surface area contributed by atoms with Crippen molar-refractivity contribution in [3.8, 4) is 23.0 Å². The monoisotopic (exact) mass is 616 g/mol. The molecule has 0 amide bonds. The molecular weight excluding hydrogens is 572 g/mol. The SMILES string of the molecule is C=CC(=O)OCCCCCCOc1ccc(C(=O)Oc2ccc(OC(=O)c3ccc(OCCCCCC(C)C)cc3)cc2)cc1. The molecule has 0 spiro atoms. The van der Waals surface area contributed by atoms with Crippen LogP contribution in [0, 0.1) is 5.92 Å². The van der Waals surface area contributed by atoms with Gasteiger partial charge in [-0.25, -0.2) is 14.4 Å². The van der Waals surface area contributed by atoms with E-state index in [-0.39, 0.29) is 0 Å². The maximum atomic E-state index is 12.6. The van der Waals surface area contributed by atoms with Crippen molar-refractivity contribution < 1.29 is 38.1 Å². The van der Waals surface area contributed by atoms with E-state index in [1.54, 1.807) is 72.8 Å². The predicted molar refractivity (Wildman–Crippen MR) is 173 cm³/mol. The van der Waals surface area contributed by atoms with Crippen LogP contribution in [0.2, 0.25) is 0 Å². The third-order valence-corrected chi connectivity index (χ3v) is 6.84. The predicted octanol–water partition coefficient (Wildman–Crippen LogP) is 8.39. The summed E-state index contributed by atoms with van der Waals surface area (Å²) in [6.07, 6.45) is 9.31. The zero-order chi connectivity index (χ0) is 32.3. The Balaban J connectivity index is 1.34. The zero-order valence-corrected chi connectivity index (χ0v) is 26.3. The van der Waals surface area contributed by atoms with Crippen LogP contribution < -0.4 is 18.9 Å². The van der Waals surface area contributed by atoms with Gasteiger partial charge in [0.05, 0.1) is 30.9 Å². The minimum absolute atomic E-state index is 0.324. The van der Waals surface area contributed by atoms with Crippen LogP contribution in [0.25, 0.3) is 0 Å². The molecule has 0 atom stereocenters. The Morgan fingerprint density at radius 1 is 0.578 bits per heavy atom. The maximum Gasteiger partial charge on any atom is 0.343 e. The van der Waals surface area contributed by atoms with E-state index in [0.29, 0.717) is 48.2 Å². The Morgan fingerprint density at radius 2 is 0.978 bits per heavy atom. The lowest BCUT2D eigenvalue weighted by molar-refractivity contribution is -0.137. The highest BCUT2D eigenvalue weighted by molar-refractivity contribution is 5.92. The molecule has 0 aliphatic rings. The van der Waals surface area contributed by atoms with Crippen LogP contribution in [-0.2, 0) is 9.53 Å². The molecule has 8 heteroatoms. The molecule has 0 heterocycles. The lowest BCUT2D eigenvalue weighted by Gasteiger charge is -2.09. The van der Waals surface area contributed by atoms with Crippen molar-refractivity contribution in [1.29, 1.82) is 0 Å². The van der Waals surface area contributed by atoms with Gasteiger partial charge in [-0.3, -0.25) is 0 Å². The molecule has 0 bridgehead atoms. The summed E-state index contributed by atoms with van der Waals surface area (Å²) in [5.41, 5.74) is 0.788. The fourth-order valence-corrected chi connectivity index (χ4v) is 4.28. The van der Waals surface area contributed by atoms with Gasteiger partial charge in [0, 0.05) is 6.08 Å². The summed E-state index contributed by atoms with van der Waals surface area (Å²) in [6, 6.07) is 19.9. The number of unbranched alkanes of at least 4 members (excludes halogenated alkanes) is 5. The van der Waals surface area contributed by atoms with Gasteiger partial charge in [-0.05, 0) is 111 Å². The number of benzene rings is 3. The lowest BCUT2D eigenvalue weighted by atomic mass is 10.1. The first-order valence-corrected chi connectivity index (χ1v) is 15.6. The van der Waals surface area contributed by atoms with Crippen LogP contribution in [0.15, 0.2) is 85.5 Å². The van der Waals surface area contributed by atoms with Gasteiger partial charge in [-0.15, -0.1) is 0 Å². The molecule has 0 saturated carbocycles. The Kier molecular flexibility index (Phi) is 15.2. The molecule has 0 saturated heterocycles. The Morgan fingerprint density at radius 3 is 1.40 bits per heavy atom. The molecule has 45 heavy (non-hydrogen) atoms. The van der Waals surface area contributed by atoms with E-state index in [1.807, 2.05) is 0 Å². The van der Waals surface area contributed by atoms with Gasteiger partial charge in [0.2, 0.25) is 0 Å². The van der Waals surface area contributed by atoms with Gasteiger partial charge < -0.3 is 23.7 Å². The second-order valence-electron chi connectivity index (χ2n) is 11.0.